The number of likely N-dealkylation sites (tertiary alicyclic amines) is 1. The lowest BCUT2D eigenvalue weighted by molar-refractivity contribution is -0.932. The number of carbonyl (C=O) groups is 2. The van der Waals surface area contributed by atoms with E-state index >= 15 is 5.21 Å². The summed E-state index contributed by atoms with van der Waals surface area (Å²) in [5.41, 5.74) is -4.69. The van der Waals surface area contributed by atoms with Gasteiger partial charge < -0.3 is 44.3 Å². The number of hydrogen-bond donors (Lipinski definition) is 3. The van der Waals surface area contributed by atoms with Crippen molar-refractivity contribution in [2.75, 3.05) is 39.7 Å². The maximum atomic E-state index is 15.3. The summed E-state index contributed by atoms with van der Waals surface area (Å²) >= 11 is 0. The van der Waals surface area contributed by atoms with Gasteiger partial charge in [-0.2, -0.15) is 0 Å². The van der Waals surface area contributed by atoms with Gasteiger partial charge in [-0.1, -0.05) is 12.1 Å². The molecule has 5 aliphatic carbocycles. The van der Waals surface area contributed by atoms with Crippen LogP contribution in [0.4, 0.5) is 5.69 Å². The molecule has 5 saturated carbocycles. The van der Waals surface area contributed by atoms with E-state index < -0.39 is 56.8 Å². The predicted molar refractivity (Wildman–Crippen MR) is 153 cm³/mol. The van der Waals surface area contributed by atoms with Gasteiger partial charge in [0.25, 0.3) is 0 Å². The summed E-state index contributed by atoms with van der Waals surface area (Å²) in [5.74, 6) is -2.51. The van der Waals surface area contributed by atoms with Crippen LogP contribution in [-0.4, -0.2) is 102 Å². The number of aliphatic hydroxyl groups is 2. The summed E-state index contributed by atoms with van der Waals surface area (Å²) in [6.07, 6.45) is 0.731. The first kappa shape index (κ1) is 29.6. The van der Waals surface area contributed by atoms with Crippen molar-refractivity contribution in [1.29, 1.82) is 0 Å². The number of quaternary nitrogens is 1. The van der Waals surface area contributed by atoms with E-state index in [-0.39, 0.29) is 55.0 Å². The molecule has 11 heteroatoms. The second kappa shape index (κ2) is 9.45. The predicted octanol–water partition coefficient (Wildman–Crippen LogP) is 2.23. The Morgan fingerprint density at radius 2 is 1.84 bits per heavy atom. The quantitative estimate of drug-likeness (QED) is 0.244. The van der Waals surface area contributed by atoms with Crippen LogP contribution in [0.1, 0.15) is 56.3 Å². The lowest BCUT2D eigenvalue weighted by Crippen LogP contribution is -2.85. The summed E-state index contributed by atoms with van der Waals surface area (Å²) in [6, 6.07) is 6.17. The fourth-order valence-corrected chi connectivity index (χ4v) is 11.9. The van der Waals surface area contributed by atoms with E-state index in [1.807, 2.05) is 6.92 Å². The van der Waals surface area contributed by atoms with Crippen LogP contribution in [0.5, 0.6) is 0 Å². The Hall–Kier alpha value is -2.12. The van der Waals surface area contributed by atoms with Gasteiger partial charge in [-0.15, -0.1) is 0 Å². The van der Waals surface area contributed by atoms with E-state index in [4.69, 9.17) is 18.9 Å². The highest BCUT2D eigenvalue weighted by molar-refractivity contribution is 6.00. The van der Waals surface area contributed by atoms with E-state index in [0.29, 0.717) is 31.4 Å². The van der Waals surface area contributed by atoms with Crippen molar-refractivity contribution in [3.63, 3.8) is 0 Å². The highest BCUT2D eigenvalue weighted by Crippen LogP contribution is 2.80. The number of fused-ring (bicyclic) bond motifs is 2. The Morgan fingerprint density at radius 3 is 2.49 bits per heavy atom. The zero-order chi connectivity index (χ0) is 30.7. The first-order valence-corrected chi connectivity index (χ1v) is 15.6. The number of esters is 1. The smallest absolute Gasteiger partial charge is 0.341 e. The standard InChI is InChI=1S/C32H44N2O9/c1-6-34(39)16-29(43-28(36)18-9-7-8-10-21(18)33-17(2)35)12-11-25(41-4)31-23(29)14-20(26(31)34)30(37)15-22(40-3)19-13-24(31)32(30,38)27(19)42-5/h7-10,19-20,22-27,37-38H,6,11-16H2,1-5H3,(H,33,35)/t19-,20+,22+,23-,24+,25+,26-,27+,29-,30+,31+,32+,34?/m1/s1. The number of hydroxylamine groups is 3. The number of piperidine rings is 1. The van der Waals surface area contributed by atoms with Gasteiger partial charge in [0.1, 0.15) is 23.8 Å². The van der Waals surface area contributed by atoms with E-state index in [1.165, 1.54) is 6.92 Å². The molecular weight excluding hydrogens is 556 g/mol. The summed E-state index contributed by atoms with van der Waals surface area (Å²) in [4.78, 5) is 25.9. The number of benzene rings is 1. The molecule has 1 unspecified atom stereocenters. The zero-order valence-electron chi connectivity index (χ0n) is 25.6. The number of amides is 1. The third-order valence-electron chi connectivity index (χ3n) is 12.9. The molecule has 1 saturated heterocycles. The number of para-hydroxylation sites is 1. The molecule has 1 heterocycles. The number of nitrogens with one attached hydrogen (secondary N) is 1. The van der Waals surface area contributed by atoms with Crippen LogP contribution in [0.25, 0.3) is 0 Å². The van der Waals surface area contributed by atoms with Crippen LogP contribution in [-0.2, 0) is 23.7 Å². The molecule has 0 radical (unpaired) electrons. The number of ether oxygens (including phenoxy) is 4. The molecule has 1 aromatic rings. The van der Waals surface area contributed by atoms with Crippen molar-refractivity contribution in [3.05, 3.63) is 35.0 Å². The van der Waals surface area contributed by atoms with Crippen LogP contribution < -0.4 is 5.32 Å². The Balaban J connectivity index is 1.41. The second-order valence-electron chi connectivity index (χ2n) is 14.0. The Labute approximate surface area is 252 Å². The minimum Gasteiger partial charge on any atom is -0.632 e. The average molecular weight is 601 g/mol. The summed E-state index contributed by atoms with van der Waals surface area (Å²) in [5, 5.41) is 43.7. The molecule has 6 fully saturated rings. The van der Waals surface area contributed by atoms with Crippen molar-refractivity contribution in [1.82, 2.24) is 0 Å². The van der Waals surface area contributed by atoms with Crippen LogP contribution in [0.2, 0.25) is 0 Å². The second-order valence-corrected chi connectivity index (χ2v) is 14.0. The maximum Gasteiger partial charge on any atom is 0.341 e. The van der Waals surface area contributed by atoms with Gasteiger partial charge in [-0.3, -0.25) is 4.79 Å². The maximum absolute atomic E-state index is 15.3. The van der Waals surface area contributed by atoms with E-state index in [0.717, 1.165) is 0 Å². The molecule has 7 rings (SSSR count). The number of carbonyl (C=O) groups excluding carboxylic acids is 2. The minimum atomic E-state index is -1.63. The molecule has 1 amide bonds. The molecule has 13 atom stereocenters. The first-order valence-electron chi connectivity index (χ1n) is 15.6. The van der Waals surface area contributed by atoms with Crippen molar-refractivity contribution in [3.8, 4) is 0 Å². The highest BCUT2D eigenvalue weighted by Gasteiger charge is 2.91. The van der Waals surface area contributed by atoms with Crippen LogP contribution in [0.15, 0.2) is 24.3 Å². The normalized spacial score (nSPS) is 50.3. The van der Waals surface area contributed by atoms with Crippen molar-refractivity contribution in [2.45, 2.75) is 87.1 Å². The number of hydrogen-bond acceptors (Lipinski definition) is 9. The topological polar surface area (TPSA) is 147 Å². The average Bonchev–Trinajstić information content (AvgIpc) is 3.43. The number of rotatable bonds is 7. The van der Waals surface area contributed by atoms with Gasteiger partial charge in [-0.05, 0) is 44.7 Å². The molecule has 43 heavy (non-hydrogen) atoms. The minimum absolute atomic E-state index is 0.0631. The molecular formula is C32H44N2O9. The zero-order valence-corrected chi connectivity index (χ0v) is 25.6. The summed E-state index contributed by atoms with van der Waals surface area (Å²) < 4.78 is 24.1. The SMILES string of the molecule is CC[N+]1([O-])C[C@]2(OC(=O)c3ccccc3NC(C)=O)CC[C@H](OC)[C@@]34[C@@H]2C[C@@H]([C@H]31)[C@@]1(O)C[C@H](OC)[C@H]2C[C@@H]4[C@]1(O)[C@H]2OC. The third kappa shape index (κ3) is 3.34. The molecule has 1 aliphatic heterocycles. The molecule has 3 N–H and O–H groups in total. The number of likely N-dealkylation sites (N-methyl/N-ethyl adjacent to an activating group) is 1. The number of nitrogens with zero attached hydrogens (tertiary/aromatic N) is 1. The van der Waals surface area contributed by atoms with Crippen molar-refractivity contribution in [2.24, 2.45) is 29.1 Å². The molecule has 236 valence electrons. The number of anilines is 1. The molecule has 11 nitrogen and oxygen atoms in total. The van der Waals surface area contributed by atoms with Crippen LogP contribution >= 0.6 is 0 Å². The van der Waals surface area contributed by atoms with Gasteiger partial charge in [0, 0.05) is 58.3 Å². The molecule has 1 spiro atoms. The fourth-order valence-electron chi connectivity index (χ4n) is 11.9. The van der Waals surface area contributed by atoms with Gasteiger partial charge in [-0.25, -0.2) is 4.79 Å². The lowest BCUT2D eigenvalue weighted by Gasteiger charge is -2.73. The molecule has 7 bridgehead atoms. The largest absolute Gasteiger partial charge is 0.632 e. The van der Waals surface area contributed by atoms with Gasteiger partial charge in [0.05, 0.1) is 41.5 Å². The van der Waals surface area contributed by atoms with Gasteiger partial charge >= 0.3 is 5.97 Å². The summed E-state index contributed by atoms with van der Waals surface area (Å²) in [7, 11) is 4.86. The highest BCUT2D eigenvalue weighted by atomic mass is 16.6. The van der Waals surface area contributed by atoms with Crippen LogP contribution in [0, 0.1) is 34.3 Å². The molecule has 1 aromatic carbocycles. The third-order valence-corrected chi connectivity index (χ3v) is 12.9. The van der Waals surface area contributed by atoms with Crippen molar-refractivity contribution < 1.29 is 43.4 Å². The molecule has 0 aromatic heterocycles. The Morgan fingerprint density at radius 1 is 1.09 bits per heavy atom. The molecule has 6 aliphatic rings. The lowest BCUT2D eigenvalue weighted by atomic mass is 9.43. The van der Waals surface area contributed by atoms with Crippen LogP contribution in [0.3, 0.4) is 0 Å². The fraction of sp³-hybridized carbons (Fsp3) is 0.750. The van der Waals surface area contributed by atoms with Crippen molar-refractivity contribution >= 4 is 17.6 Å². The Kier molecular flexibility index (Phi) is 6.50. The monoisotopic (exact) mass is 600 g/mol. The van der Waals surface area contributed by atoms with E-state index in [2.05, 4.69) is 5.32 Å². The van der Waals surface area contributed by atoms with E-state index in [1.54, 1.807) is 45.6 Å². The summed E-state index contributed by atoms with van der Waals surface area (Å²) in [6.45, 7) is 3.52. The first-order chi connectivity index (χ1) is 20.4. The van der Waals surface area contributed by atoms with Gasteiger partial charge in [0.2, 0.25) is 5.91 Å². The number of methoxy groups -OCH3 is 3. The Bertz CT molecular complexity index is 1340. The van der Waals surface area contributed by atoms with E-state index in [9.17, 15) is 19.8 Å². The van der Waals surface area contributed by atoms with Gasteiger partial charge in [0.15, 0.2) is 5.60 Å².